The lowest BCUT2D eigenvalue weighted by atomic mass is 9.96. The van der Waals surface area contributed by atoms with Crippen molar-refractivity contribution in [3.8, 4) is 0 Å². The predicted molar refractivity (Wildman–Crippen MR) is 67.4 cm³/mol. The summed E-state index contributed by atoms with van der Waals surface area (Å²) in [5.41, 5.74) is 5.81. The van der Waals surface area contributed by atoms with Gasteiger partial charge in [-0.05, 0) is 32.1 Å². The summed E-state index contributed by atoms with van der Waals surface area (Å²) < 4.78 is 0. The Kier molecular flexibility index (Phi) is 6.97. The summed E-state index contributed by atoms with van der Waals surface area (Å²) >= 11 is 0. The van der Waals surface area contributed by atoms with Gasteiger partial charge in [0, 0.05) is 19.2 Å². The lowest BCUT2D eigenvalue weighted by Crippen LogP contribution is -2.41. The highest BCUT2D eigenvalue weighted by Gasteiger charge is 2.12. The zero-order valence-electron chi connectivity index (χ0n) is 10.1. The molecule has 16 heavy (non-hydrogen) atoms. The topological polar surface area (TPSA) is 70.6 Å². The van der Waals surface area contributed by atoms with E-state index in [1.807, 2.05) is 0 Å². The SMILES string of the molecule is NC(=NCCCCCO)NC1CCCCC1. The smallest absolute Gasteiger partial charge is 0.188 e. The molecule has 0 aromatic carbocycles. The van der Waals surface area contributed by atoms with Crippen LogP contribution >= 0.6 is 0 Å². The Balaban J connectivity index is 2.07. The second kappa shape index (κ2) is 8.39. The van der Waals surface area contributed by atoms with Gasteiger partial charge in [-0.15, -0.1) is 0 Å². The van der Waals surface area contributed by atoms with Crippen LogP contribution < -0.4 is 11.1 Å². The van der Waals surface area contributed by atoms with Crippen molar-refractivity contribution in [1.29, 1.82) is 0 Å². The zero-order valence-corrected chi connectivity index (χ0v) is 10.1. The Morgan fingerprint density at radius 3 is 2.62 bits per heavy atom. The minimum Gasteiger partial charge on any atom is -0.396 e. The highest BCUT2D eigenvalue weighted by molar-refractivity contribution is 5.78. The van der Waals surface area contributed by atoms with Crippen molar-refractivity contribution >= 4 is 5.96 Å². The fourth-order valence-electron chi connectivity index (χ4n) is 2.10. The van der Waals surface area contributed by atoms with Gasteiger partial charge in [-0.3, -0.25) is 4.99 Å². The molecule has 0 aliphatic heterocycles. The van der Waals surface area contributed by atoms with Crippen LogP contribution in [0.3, 0.4) is 0 Å². The van der Waals surface area contributed by atoms with Gasteiger partial charge in [0.05, 0.1) is 0 Å². The third-order valence-corrected chi connectivity index (χ3v) is 3.06. The number of aliphatic hydroxyl groups excluding tert-OH is 1. The summed E-state index contributed by atoms with van der Waals surface area (Å²) in [5.74, 6) is 0.593. The standard InChI is InChI=1S/C12H25N3O/c13-12(14-9-5-2-6-10-16)15-11-7-3-1-4-8-11/h11,16H,1-10H2,(H3,13,14,15). The molecule has 0 aromatic rings. The van der Waals surface area contributed by atoms with Gasteiger partial charge in [0.1, 0.15) is 0 Å². The highest BCUT2D eigenvalue weighted by Crippen LogP contribution is 2.16. The monoisotopic (exact) mass is 227 g/mol. The van der Waals surface area contributed by atoms with Crippen molar-refractivity contribution in [2.45, 2.75) is 57.4 Å². The first-order valence-electron chi connectivity index (χ1n) is 6.50. The average Bonchev–Trinajstić information content (AvgIpc) is 2.30. The molecule has 0 unspecified atom stereocenters. The summed E-state index contributed by atoms with van der Waals surface area (Å²) in [4.78, 5) is 4.29. The maximum Gasteiger partial charge on any atom is 0.188 e. The first-order valence-corrected chi connectivity index (χ1v) is 6.50. The molecule has 1 aliphatic rings. The summed E-state index contributed by atoms with van der Waals surface area (Å²) in [6.07, 6.45) is 9.32. The molecule has 0 saturated heterocycles. The number of aliphatic imine (C=N–C) groups is 1. The third-order valence-electron chi connectivity index (χ3n) is 3.06. The Hall–Kier alpha value is -0.770. The molecule has 0 atom stereocenters. The number of hydrogen-bond donors (Lipinski definition) is 3. The van der Waals surface area contributed by atoms with E-state index in [-0.39, 0.29) is 6.61 Å². The third kappa shape index (κ3) is 5.95. The number of nitrogens with two attached hydrogens (primary N) is 1. The number of aliphatic hydroxyl groups is 1. The van der Waals surface area contributed by atoms with E-state index in [0.29, 0.717) is 12.0 Å². The van der Waals surface area contributed by atoms with Crippen LogP contribution in [0.1, 0.15) is 51.4 Å². The zero-order chi connectivity index (χ0) is 11.6. The van der Waals surface area contributed by atoms with Crippen LogP contribution in [-0.4, -0.2) is 30.3 Å². The molecule has 0 amide bonds. The van der Waals surface area contributed by atoms with Gasteiger partial charge in [0.2, 0.25) is 0 Å². The average molecular weight is 227 g/mol. The van der Waals surface area contributed by atoms with Gasteiger partial charge in [-0.25, -0.2) is 0 Å². The Bertz CT molecular complexity index is 200. The van der Waals surface area contributed by atoms with E-state index in [2.05, 4.69) is 10.3 Å². The minimum atomic E-state index is 0.277. The van der Waals surface area contributed by atoms with Crippen LogP contribution in [0.5, 0.6) is 0 Å². The largest absolute Gasteiger partial charge is 0.396 e. The number of nitrogens with zero attached hydrogens (tertiary/aromatic N) is 1. The number of nitrogens with one attached hydrogen (secondary N) is 1. The first-order chi connectivity index (χ1) is 7.83. The molecule has 1 saturated carbocycles. The molecule has 0 spiro atoms. The molecule has 1 aliphatic carbocycles. The van der Waals surface area contributed by atoms with Gasteiger partial charge >= 0.3 is 0 Å². The number of unbranched alkanes of at least 4 members (excludes halogenated alkanes) is 2. The quantitative estimate of drug-likeness (QED) is 0.365. The van der Waals surface area contributed by atoms with Crippen molar-refractivity contribution in [2.24, 2.45) is 10.7 Å². The van der Waals surface area contributed by atoms with Crippen LogP contribution in [0, 0.1) is 0 Å². The van der Waals surface area contributed by atoms with Crippen molar-refractivity contribution in [1.82, 2.24) is 5.32 Å². The normalized spacial score (nSPS) is 18.7. The molecule has 0 radical (unpaired) electrons. The second-order valence-corrected chi connectivity index (χ2v) is 4.53. The molecular weight excluding hydrogens is 202 g/mol. The Morgan fingerprint density at radius 2 is 1.94 bits per heavy atom. The Morgan fingerprint density at radius 1 is 1.19 bits per heavy atom. The summed E-state index contributed by atoms with van der Waals surface area (Å²) in [7, 11) is 0. The van der Waals surface area contributed by atoms with Crippen LogP contribution in [-0.2, 0) is 0 Å². The van der Waals surface area contributed by atoms with E-state index in [1.165, 1.54) is 32.1 Å². The van der Waals surface area contributed by atoms with Crippen molar-refractivity contribution in [3.05, 3.63) is 0 Å². The van der Waals surface area contributed by atoms with Crippen LogP contribution in [0.25, 0.3) is 0 Å². The molecule has 94 valence electrons. The van der Waals surface area contributed by atoms with Crippen LogP contribution in [0.2, 0.25) is 0 Å². The van der Waals surface area contributed by atoms with E-state index in [4.69, 9.17) is 10.8 Å². The minimum absolute atomic E-state index is 0.277. The van der Waals surface area contributed by atoms with Crippen molar-refractivity contribution in [2.75, 3.05) is 13.2 Å². The lowest BCUT2D eigenvalue weighted by molar-refractivity contribution is 0.283. The van der Waals surface area contributed by atoms with Gasteiger partial charge in [-0.2, -0.15) is 0 Å². The van der Waals surface area contributed by atoms with E-state index in [0.717, 1.165) is 25.8 Å². The fraction of sp³-hybridized carbons (Fsp3) is 0.917. The molecule has 4 N–H and O–H groups in total. The maximum atomic E-state index is 8.62. The van der Waals surface area contributed by atoms with Crippen LogP contribution in [0.4, 0.5) is 0 Å². The van der Waals surface area contributed by atoms with Crippen molar-refractivity contribution in [3.63, 3.8) is 0 Å². The van der Waals surface area contributed by atoms with E-state index < -0.39 is 0 Å². The molecule has 0 bridgehead atoms. The maximum absolute atomic E-state index is 8.62. The van der Waals surface area contributed by atoms with Gasteiger partial charge in [0.25, 0.3) is 0 Å². The van der Waals surface area contributed by atoms with E-state index in [9.17, 15) is 0 Å². The molecule has 0 heterocycles. The summed E-state index contributed by atoms with van der Waals surface area (Å²) in [6.45, 7) is 1.05. The number of hydrogen-bond acceptors (Lipinski definition) is 2. The van der Waals surface area contributed by atoms with E-state index in [1.54, 1.807) is 0 Å². The Labute approximate surface area is 98.3 Å². The van der Waals surface area contributed by atoms with Gasteiger partial charge in [-0.1, -0.05) is 19.3 Å². The van der Waals surface area contributed by atoms with Crippen molar-refractivity contribution < 1.29 is 5.11 Å². The number of guanidine groups is 1. The summed E-state index contributed by atoms with van der Waals surface area (Å²) in [5, 5.41) is 11.9. The first kappa shape index (κ1) is 13.3. The van der Waals surface area contributed by atoms with Gasteiger partial charge in [0.15, 0.2) is 5.96 Å². The number of rotatable bonds is 6. The molecular formula is C12H25N3O. The summed E-state index contributed by atoms with van der Waals surface area (Å²) in [6, 6.07) is 0.537. The predicted octanol–water partition coefficient (Wildman–Crippen LogP) is 1.39. The molecule has 0 aromatic heterocycles. The highest BCUT2D eigenvalue weighted by atomic mass is 16.2. The van der Waals surface area contributed by atoms with Crippen LogP contribution in [0.15, 0.2) is 4.99 Å². The molecule has 1 rings (SSSR count). The lowest BCUT2D eigenvalue weighted by Gasteiger charge is -2.23. The second-order valence-electron chi connectivity index (χ2n) is 4.53. The fourth-order valence-corrected chi connectivity index (χ4v) is 2.10. The molecule has 4 nitrogen and oxygen atoms in total. The molecule has 4 heteroatoms. The van der Waals surface area contributed by atoms with E-state index >= 15 is 0 Å². The van der Waals surface area contributed by atoms with Gasteiger partial charge < -0.3 is 16.2 Å². The molecule has 1 fully saturated rings.